The Morgan fingerprint density at radius 1 is 1.16 bits per heavy atom. The first-order chi connectivity index (χ1) is 8.84. The molecule has 1 aliphatic carbocycles. The summed E-state index contributed by atoms with van der Waals surface area (Å²) in [5.74, 6) is 1.34. The number of rotatable bonds is 2. The van der Waals surface area contributed by atoms with Gasteiger partial charge in [0.25, 0.3) is 0 Å². The minimum absolute atomic E-state index is 0.00921. The zero-order valence-electron chi connectivity index (χ0n) is 12.6. The molecule has 1 N–H and O–H groups in total. The van der Waals surface area contributed by atoms with E-state index in [1.807, 2.05) is 25.7 Å². The van der Waals surface area contributed by atoms with Crippen molar-refractivity contribution < 1.29 is 9.59 Å². The highest BCUT2D eigenvalue weighted by atomic mass is 16.2. The van der Waals surface area contributed by atoms with Crippen LogP contribution in [0.2, 0.25) is 0 Å². The Hall–Kier alpha value is -1.06. The quantitative estimate of drug-likeness (QED) is 0.828. The van der Waals surface area contributed by atoms with Gasteiger partial charge in [0.1, 0.15) is 12.1 Å². The van der Waals surface area contributed by atoms with Crippen LogP contribution in [0.1, 0.15) is 47.5 Å². The van der Waals surface area contributed by atoms with Gasteiger partial charge in [-0.1, -0.05) is 27.7 Å². The zero-order valence-corrected chi connectivity index (χ0v) is 12.6. The topological polar surface area (TPSA) is 49.4 Å². The van der Waals surface area contributed by atoms with Gasteiger partial charge in [-0.15, -0.1) is 0 Å². The molecule has 1 heterocycles. The van der Waals surface area contributed by atoms with Gasteiger partial charge in [-0.3, -0.25) is 9.59 Å². The number of hydrogen-bond donors (Lipinski definition) is 1. The Bertz CT molecular complexity index is 380. The fourth-order valence-corrected chi connectivity index (χ4v) is 3.45. The summed E-state index contributed by atoms with van der Waals surface area (Å²) in [4.78, 5) is 26.7. The van der Waals surface area contributed by atoms with Crippen molar-refractivity contribution in [2.24, 2.45) is 17.8 Å². The Balaban J connectivity index is 2.25. The highest BCUT2D eigenvalue weighted by Gasteiger charge is 2.46. The molecule has 0 radical (unpaired) electrons. The number of nitrogens with zero attached hydrogens (tertiary/aromatic N) is 1. The van der Waals surface area contributed by atoms with Crippen molar-refractivity contribution in [2.75, 3.05) is 0 Å². The van der Waals surface area contributed by atoms with Crippen molar-refractivity contribution in [3.8, 4) is 0 Å². The predicted octanol–water partition coefficient (Wildman–Crippen LogP) is 1.79. The smallest absolute Gasteiger partial charge is 0.246 e. The van der Waals surface area contributed by atoms with Crippen LogP contribution >= 0.6 is 0 Å². The molecule has 1 saturated carbocycles. The number of carbonyl (C=O) groups is 2. The number of hydrogen-bond acceptors (Lipinski definition) is 2. The Morgan fingerprint density at radius 3 is 2.26 bits per heavy atom. The maximum Gasteiger partial charge on any atom is 0.246 e. The number of nitrogens with one attached hydrogen (secondary N) is 1. The molecule has 0 spiro atoms. The molecule has 0 bridgehead atoms. The molecule has 1 saturated heterocycles. The minimum atomic E-state index is -0.355. The van der Waals surface area contributed by atoms with Crippen LogP contribution < -0.4 is 5.32 Å². The molecule has 2 amide bonds. The summed E-state index contributed by atoms with van der Waals surface area (Å²) >= 11 is 0. The number of carbonyl (C=O) groups excluding carboxylic acids is 2. The van der Waals surface area contributed by atoms with Crippen LogP contribution in [0.4, 0.5) is 0 Å². The summed E-state index contributed by atoms with van der Waals surface area (Å²) in [6.07, 6.45) is 2.17. The SMILES string of the molecule is CC(C)C1NC(=O)C(C)N(C2CCC(C)C2C)C1=O. The second-order valence-electron chi connectivity index (χ2n) is 6.63. The van der Waals surface area contributed by atoms with Crippen LogP contribution in [0, 0.1) is 17.8 Å². The van der Waals surface area contributed by atoms with E-state index in [0.717, 1.165) is 12.8 Å². The minimum Gasteiger partial charge on any atom is -0.342 e. The van der Waals surface area contributed by atoms with E-state index in [4.69, 9.17) is 0 Å². The average molecular weight is 266 g/mol. The van der Waals surface area contributed by atoms with Crippen molar-refractivity contribution in [2.45, 2.75) is 65.6 Å². The normalized spacial score (nSPS) is 39.9. The van der Waals surface area contributed by atoms with Crippen LogP contribution in [0.25, 0.3) is 0 Å². The summed E-state index contributed by atoms with van der Waals surface area (Å²) < 4.78 is 0. The van der Waals surface area contributed by atoms with Crippen molar-refractivity contribution in [3.63, 3.8) is 0 Å². The standard InChI is InChI=1S/C15H26N2O2/c1-8(2)13-15(19)17(11(5)14(18)16-13)12-7-6-9(3)10(12)4/h8-13H,6-7H2,1-5H3,(H,16,18). The van der Waals surface area contributed by atoms with E-state index in [2.05, 4.69) is 19.2 Å². The Morgan fingerprint density at radius 2 is 1.79 bits per heavy atom. The third-order valence-electron chi connectivity index (χ3n) is 5.06. The molecule has 2 aliphatic rings. The summed E-state index contributed by atoms with van der Waals surface area (Å²) in [5, 5.41) is 2.86. The predicted molar refractivity (Wildman–Crippen MR) is 74.4 cm³/mol. The van der Waals surface area contributed by atoms with Gasteiger partial charge in [-0.25, -0.2) is 0 Å². The van der Waals surface area contributed by atoms with Crippen LogP contribution in [-0.2, 0) is 9.59 Å². The van der Waals surface area contributed by atoms with E-state index in [1.165, 1.54) is 0 Å². The first-order valence-electron chi connectivity index (χ1n) is 7.47. The van der Waals surface area contributed by atoms with Gasteiger partial charge in [-0.2, -0.15) is 0 Å². The first kappa shape index (κ1) is 14.4. The first-order valence-corrected chi connectivity index (χ1v) is 7.47. The number of amides is 2. The van der Waals surface area contributed by atoms with E-state index in [9.17, 15) is 9.59 Å². The van der Waals surface area contributed by atoms with E-state index >= 15 is 0 Å². The van der Waals surface area contributed by atoms with Crippen LogP contribution in [0.3, 0.4) is 0 Å². The highest BCUT2D eigenvalue weighted by molar-refractivity contribution is 5.97. The molecule has 2 rings (SSSR count). The molecule has 2 fully saturated rings. The molecule has 4 nitrogen and oxygen atoms in total. The second kappa shape index (κ2) is 5.14. The lowest BCUT2D eigenvalue weighted by Crippen LogP contribution is -2.66. The molecular weight excluding hydrogens is 240 g/mol. The molecule has 108 valence electrons. The van der Waals surface area contributed by atoms with Gasteiger partial charge in [0.05, 0.1) is 0 Å². The fraction of sp³-hybridized carbons (Fsp3) is 0.867. The van der Waals surface area contributed by atoms with E-state index in [1.54, 1.807) is 0 Å². The summed E-state index contributed by atoms with van der Waals surface area (Å²) in [7, 11) is 0. The number of piperazine rings is 1. The molecule has 0 aromatic carbocycles. The third-order valence-corrected chi connectivity index (χ3v) is 5.06. The molecule has 1 aliphatic heterocycles. The molecule has 4 heteroatoms. The van der Waals surface area contributed by atoms with Gasteiger partial charge in [0.15, 0.2) is 0 Å². The average Bonchev–Trinajstić information content (AvgIpc) is 2.66. The van der Waals surface area contributed by atoms with Gasteiger partial charge in [-0.05, 0) is 37.5 Å². The molecule has 0 aromatic heterocycles. The molecule has 19 heavy (non-hydrogen) atoms. The molecular formula is C15H26N2O2. The second-order valence-corrected chi connectivity index (χ2v) is 6.63. The molecule has 5 atom stereocenters. The van der Waals surface area contributed by atoms with E-state index in [-0.39, 0.29) is 35.9 Å². The molecule has 5 unspecified atom stereocenters. The Labute approximate surface area is 115 Å². The third kappa shape index (κ3) is 2.37. The zero-order chi connectivity index (χ0) is 14.3. The Kier molecular flexibility index (Phi) is 3.88. The maximum atomic E-state index is 12.7. The summed E-state index contributed by atoms with van der Waals surface area (Å²) in [6, 6.07) is -0.461. The van der Waals surface area contributed by atoms with Gasteiger partial charge >= 0.3 is 0 Å². The summed E-state index contributed by atoms with van der Waals surface area (Å²) in [6.45, 7) is 10.3. The van der Waals surface area contributed by atoms with Gasteiger partial charge < -0.3 is 10.2 Å². The van der Waals surface area contributed by atoms with Gasteiger partial charge in [0.2, 0.25) is 11.8 Å². The molecule has 0 aromatic rings. The van der Waals surface area contributed by atoms with E-state index < -0.39 is 0 Å². The highest BCUT2D eigenvalue weighted by Crippen LogP contribution is 2.36. The van der Waals surface area contributed by atoms with Gasteiger partial charge in [0, 0.05) is 6.04 Å². The van der Waals surface area contributed by atoms with Crippen molar-refractivity contribution in [1.82, 2.24) is 10.2 Å². The lowest BCUT2D eigenvalue weighted by atomic mass is 9.92. The largest absolute Gasteiger partial charge is 0.342 e. The monoisotopic (exact) mass is 266 g/mol. The van der Waals surface area contributed by atoms with Crippen LogP contribution in [0.5, 0.6) is 0 Å². The lowest BCUT2D eigenvalue weighted by Gasteiger charge is -2.43. The van der Waals surface area contributed by atoms with Crippen LogP contribution in [-0.4, -0.2) is 34.8 Å². The van der Waals surface area contributed by atoms with Crippen molar-refractivity contribution >= 4 is 11.8 Å². The van der Waals surface area contributed by atoms with Crippen molar-refractivity contribution in [3.05, 3.63) is 0 Å². The summed E-state index contributed by atoms with van der Waals surface area (Å²) in [5.41, 5.74) is 0. The lowest BCUT2D eigenvalue weighted by molar-refractivity contribution is -0.153. The van der Waals surface area contributed by atoms with Crippen LogP contribution in [0.15, 0.2) is 0 Å². The van der Waals surface area contributed by atoms with E-state index in [0.29, 0.717) is 11.8 Å². The van der Waals surface area contributed by atoms with Crippen molar-refractivity contribution in [1.29, 1.82) is 0 Å². The fourth-order valence-electron chi connectivity index (χ4n) is 3.45. The maximum absolute atomic E-state index is 12.7.